The molecule has 0 saturated carbocycles. The molecule has 0 saturated heterocycles. The van der Waals surface area contributed by atoms with Crippen molar-refractivity contribution in [3.8, 4) is 0 Å². The highest BCUT2D eigenvalue weighted by Gasteiger charge is 2.18. The van der Waals surface area contributed by atoms with Crippen LogP contribution in [0, 0.1) is 10.1 Å². The van der Waals surface area contributed by atoms with Gasteiger partial charge in [0.05, 0.1) is 20.1 Å². The fraction of sp³-hybridized carbons (Fsp3) is 0.154. The van der Waals surface area contributed by atoms with E-state index >= 15 is 0 Å². The van der Waals surface area contributed by atoms with E-state index in [1.54, 1.807) is 37.4 Å². The second-order valence-electron chi connectivity index (χ2n) is 4.15. The van der Waals surface area contributed by atoms with E-state index in [4.69, 9.17) is 0 Å². The van der Waals surface area contributed by atoms with Gasteiger partial charge in [0, 0.05) is 18.7 Å². The number of nitrogens with zero attached hydrogens (tertiary/aromatic N) is 2. The molecule has 0 N–H and O–H groups in total. The van der Waals surface area contributed by atoms with Crippen LogP contribution in [0.4, 0.5) is 5.69 Å². The lowest BCUT2D eigenvalue weighted by molar-refractivity contribution is -0.385. The average Bonchev–Trinajstić information content (AvgIpc) is 2.84. The van der Waals surface area contributed by atoms with E-state index in [2.05, 4.69) is 15.9 Å². The van der Waals surface area contributed by atoms with Gasteiger partial charge in [-0.2, -0.15) is 0 Å². The third-order valence-corrected chi connectivity index (χ3v) is 4.34. The lowest BCUT2D eigenvalue weighted by Gasteiger charge is -2.16. The van der Waals surface area contributed by atoms with Crippen LogP contribution in [0.5, 0.6) is 0 Å². The molecule has 7 heteroatoms. The SMILES string of the molecule is CN(Cc1ccccc1[N+](=O)[O-])C(=O)c1ccc(Br)s1. The average molecular weight is 355 g/mol. The Labute approximate surface area is 128 Å². The Hall–Kier alpha value is -1.73. The van der Waals surface area contributed by atoms with Gasteiger partial charge in [0.1, 0.15) is 0 Å². The van der Waals surface area contributed by atoms with Crippen LogP contribution in [0.15, 0.2) is 40.2 Å². The zero-order valence-electron chi connectivity index (χ0n) is 10.6. The topological polar surface area (TPSA) is 63.4 Å². The highest BCUT2D eigenvalue weighted by molar-refractivity contribution is 9.11. The largest absolute Gasteiger partial charge is 0.336 e. The molecule has 0 aliphatic heterocycles. The van der Waals surface area contributed by atoms with Crippen LogP contribution in [0.2, 0.25) is 0 Å². The van der Waals surface area contributed by atoms with Crippen molar-refractivity contribution >= 4 is 38.9 Å². The third-order valence-electron chi connectivity index (χ3n) is 2.73. The normalized spacial score (nSPS) is 10.3. The van der Waals surface area contributed by atoms with Crippen LogP contribution in [-0.4, -0.2) is 22.8 Å². The number of carbonyl (C=O) groups excluding carboxylic acids is 1. The monoisotopic (exact) mass is 354 g/mol. The van der Waals surface area contributed by atoms with E-state index in [-0.39, 0.29) is 18.1 Å². The number of nitro groups is 1. The number of hydrogen-bond acceptors (Lipinski definition) is 4. The summed E-state index contributed by atoms with van der Waals surface area (Å²) in [5.41, 5.74) is 0.545. The lowest BCUT2D eigenvalue weighted by atomic mass is 10.1. The number of hydrogen-bond donors (Lipinski definition) is 0. The molecule has 20 heavy (non-hydrogen) atoms. The number of benzene rings is 1. The summed E-state index contributed by atoms with van der Waals surface area (Å²) < 4.78 is 0.875. The predicted molar refractivity (Wildman–Crippen MR) is 80.9 cm³/mol. The van der Waals surface area contributed by atoms with Gasteiger partial charge in [-0.05, 0) is 28.1 Å². The molecule has 1 amide bonds. The molecule has 0 unspecified atom stereocenters. The first-order valence-corrected chi connectivity index (χ1v) is 7.33. The molecule has 0 radical (unpaired) electrons. The Morgan fingerprint density at radius 1 is 1.35 bits per heavy atom. The van der Waals surface area contributed by atoms with Crippen LogP contribution in [0.3, 0.4) is 0 Å². The van der Waals surface area contributed by atoms with E-state index in [0.717, 1.165) is 3.79 Å². The maximum Gasteiger partial charge on any atom is 0.274 e. The van der Waals surface area contributed by atoms with Gasteiger partial charge >= 0.3 is 0 Å². The molecular formula is C13H11BrN2O3S. The maximum absolute atomic E-state index is 12.2. The minimum Gasteiger partial charge on any atom is -0.336 e. The summed E-state index contributed by atoms with van der Waals surface area (Å²) in [5, 5.41) is 10.9. The van der Waals surface area contributed by atoms with Gasteiger partial charge in [0.25, 0.3) is 11.6 Å². The Morgan fingerprint density at radius 2 is 2.05 bits per heavy atom. The minimum absolute atomic E-state index is 0.0273. The van der Waals surface area contributed by atoms with Crippen molar-refractivity contribution in [1.82, 2.24) is 4.90 Å². The van der Waals surface area contributed by atoms with Gasteiger partial charge in [-0.1, -0.05) is 18.2 Å². The zero-order valence-corrected chi connectivity index (χ0v) is 13.0. The quantitative estimate of drug-likeness (QED) is 0.621. The summed E-state index contributed by atoms with van der Waals surface area (Å²) >= 11 is 4.64. The zero-order chi connectivity index (χ0) is 14.7. The molecule has 1 aromatic carbocycles. The van der Waals surface area contributed by atoms with Crippen LogP contribution in [-0.2, 0) is 6.54 Å². The van der Waals surface area contributed by atoms with Crippen molar-refractivity contribution in [2.45, 2.75) is 6.54 Å². The van der Waals surface area contributed by atoms with Gasteiger partial charge in [0.15, 0.2) is 0 Å². The van der Waals surface area contributed by atoms with E-state index in [1.807, 2.05) is 0 Å². The fourth-order valence-corrected chi connectivity index (χ4v) is 3.15. The number of halogens is 1. The van der Waals surface area contributed by atoms with Crippen LogP contribution in [0.1, 0.15) is 15.2 Å². The van der Waals surface area contributed by atoms with Gasteiger partial charge in [-0.15, -0.1) is 11.3 Å². The van der Waals surface area contributed by atoms with E-state index in [1.165, 1.54) is 22.3 Å². The highest BCUT2D eigenvalue weighted by Crippen LogP contribution is 2.24. The highest BCUT2D eigenvalue weighted by atomic mass is 79.9. The molecule has 0 aliphatic rings. The van der Waals surface area contributed by atoms with Crippen molar-refractivity contribution in [2.24, 2.45) is 0 Å². The predicted octanol–water partition coefficient (Wildman–Crippen LogP) is 3.69. The van der Waals surface area contributed by atoms with Crippen molar-refractivity contribution < 1.29 is 9.72 Å². The molecule has 2 aromatic rings. The molecule has 0 bridgehead atoms. The Balaban J connectivity index is 2.18. The molecule has 0 atom stereocenters. The number of carbonyl (C=O) groups is 1. The summed E-state index contributed by atoms with van der Waals surface area (Å²) in [5.74, 6) is -0.154. The van der Waals surface area contributed by atoms with Gasteiger partial charge in [0.2, 0.25) is 0 Å². The third kappa shape index (κ3) is 3.23. The Morgan fingerprint density at radius 3 is 2.65 bits per heavy atom. The maximum atomic E-state index is 12.2. The molecule has 0 spiro atoms. The van der Waals surface area contributed by atoms with E-state index in [9.17, 15) is 14.9 Å². The van der Waals surface area contributed by atoms with Gasteiger partial charge in [-0.25, -0.2) is 0 Å². The number of nitro benzene ring substituents is 1. The smallest absolute Gasteiger partial charge is 0.274 e. The number of rotatable bonds is 4. The van der Waals surface area contributed by atoms with Gasteiger partial charge in [-0.3, -0.25) is 14.9 Å². The second-order valence-corrected chi connectivity index (χ2v) is 6.61. The molecule has 104 valence electrons. The summed E-state index contributed by atoms with van der Waals surface area (Å²) in [7, 11) is 1.63. The first-order valence-electron chi connectivity index (χ1n) is 5.72. The molecular weight excluding hydrogens is 344 g/mol. The molecule has 0 fully saturated rings. The molecule has 5 nitrogen and oxygen atoms in total. The first-order chi connectivity index (χ1) is 9.49. The van der Waals surface area contributed by atoms with Crippen molar-refractivity contribution in [1.29, 1.82) is 0 Å². The summed E-state index contributed by atoms with van der Waals surface area (Å²) in [6.07, 6.45) is 0. The van der Waals surface area contributed by atoms with Crippen molar-refractivity contribution in [3.05, 3.63) is 60.7 Å². The van der Waals surface area contributed by atoms with Crippen molar-refractivity contribution in [3.63, 3.8) is 0 Å². The minimum atomic E-state index is -0.435. The number of thiophene rings is 1. The molecule has 1 heterocycles. The van der Waals surface area contributed by atoms with E-state index < -0.39 is 4.92 Å². The standard InChI is InChI=1S/C13H11BrN2O3S/c1-15(13(17)11-6-7-12(14)20-11)8-9-4-2-3-5-10(9)16(18)19/h2-7H,8H2,1H3. The fourth-order valence-electron chi connectivity index (χ4n) is 1.77. The second kappa shape index (κ2) is 6.15. The summed E-state index contributed by atoms with van der Waals surface area (Å²) in [4.78, 5) is 24.8. The van der Waals surface area contributed by atoms with Gasteiger partial charge < -0.3 is 4.90 Å². The van der Waals surface area contributed by atoms with Crippen LogP contribution < -0.4 is 0 Å². The number of para-hydroxylation sites is 1. The summed E-state index contributed by atoms with van der Waals surface area (Å²) in [6, 6.07) is 9.97. The number of amides is 1. The van der Waals surface area contributed by atoms with Crippen LogP contribution >= 0.6 is 27.3 Å². The Bertz CT molecular complexity index is 657. The molecule has 0 aliphatic carbocycles. The lowest BCUT2D eigenvalue weighted by Crippen LogP contribution is -2.25. The van der Waals surface area contributed by atoms with Crippen LogP contribution in [0.25, 0.3) is 0 Å². The van der Waals surface area contributed by atoms with Crippen molar-refractivity contribution in [2.75, 3.05) is 7.05 Å². The first kappa shape index (κ1) is 14.7. The Kier molecular flexibility index (Phi) is 4.51. The molecule has 1 aromatic heterocycles. The van der Waals surface area contributed by atoms with E-state index in [0.29, 0.717) is 10.4 Å². The molecule has 2 rings (SSSR count). The summed E-state index contributed by atoms with van der Waals surface area (Å²) in [6.45, 7) is 0.200.